The number of nitrogens with zero attached hydrogens (tertiary/aromatic N) is 2. The molecule has 30 heavy (non-hydrogen) atoms. The van der Waals surface area contributed by atoms with Crippen LogP contribution in [0.1, 0.15) is 31.9 Å². The molecule has 8 heteroatoms. The van der Waals surface area contributed by atoms with Gasteiger partial charge in [0.2, 0.25) is 0 Å². The molecule has 0 saturated heterocycles. The Morgan fingerprint density at radius 2 is 1.37 bits per heavy atom. The first-order valence-corrected chi connectivity index (χ1v) is 10.8. The van der Waals surface area contributed by atoms with E-state index in [1.807, 2.05) is 60.7 Å². The maximum Gasteiger partial charge on any atom is 0.101 e. The Morgan fingerprint density at radius 1 is 0.767 bits per heavy atom. The lowest BCUT2D eigenvalue weighted by Crippen LogP contribution is -2.17. The lowest BCUT2D eigenvalue weighted by atomic mass is 9.98. The van der Waals surface area contributed by atoms with Gasteiger partial charge in [0.05, 0.1) is 9.65 Å². The fourth-order valence-electron chi connectivity index (χ4n) is 3.01. The van der Waals surface area contributed by atoms with Gasteiger partial charge in [-0.25, -0.2) is 0 Å². The van der Waals surface area contributed by atoms with Gasteiger partial charge in [0.15, 0.2) is 0 Å². The zero-order valence-electron chi connectivity index (χ0n) is 15.6. The highest BCUT2D eigenvalue weighted by atomic mass is 79.9. The molecule has 3 aromatic carbocycles. The molecule has 156 valence electrons. The molecule has 0 aliphatic heterocycles. The van der Waals surface area contributed by atoms with Crippen molar-refractivity contribution in [2.24, 2.45) is 0 Å². The van der Waals surface area contributed by atoms with E-state index in [9.17, 15) is 20.8 Å². The maximum atomic E-state index is 11.6. The molecular formula is C22H18Br2N2O4-2. The van der Waals surface area contributed by atoms with Crippen LogP contribution in [0.15, 0.2) is 72.8 Å². The average molecular weight is 534 g/mol. The van der Waals surface area contributed by atoms with Crippen LogP contribution in [0.3, 0.4) is 0 Å². The summed E-state index contributed by atoms with van der Waals surface area (Å²) in [5.74, 6) is 0. The number of hydrogen-bond donors (Lipinski definition) is 2. The SMILES string of the molecule is [O-]N([O-])c1cc(N(O)O)c([C@@H](Br)[C@H](Br)c2ccccc2)cc1C=Cc1ccccc1. The van der Waals surface area contributed by atoms with Crippen molar-refractivity contribution in [3.8, 4) is 0 Å². The topological polar surface area (TPSA) is 93.1 Å². The van der Waals surface area contributed by atoms with E-state index in [-0.39, 0.29) is 21.4 Å². The summed E-state index contributed by atoms with van der Waals surface area (Å²) < 4.78 is 0. The number of benzene rings is 3. The molecule has 3 rings (SSSR count). The molecule has 0 amide bonds. The monoisotopic (exact) mass is 532 g/mol. The minimum absolute atomic E-state index is 0.0826. The first-order valence-electron chi connectivity index (χ1n) is 8.95. The van der Waals surface area contributed by atoms with Gasteiger partial charge in [-0.15, -0.1) is 5.23 Å². The lowest BCUT2D eigenvalue weighted by Gasteiger charge is -2.39. The van der Waals surface area contributed by atoms with E-state index in [2.05, 4.69) is 31.9 Å². The van der Waals surface area contributed by atoms with Gasteiger partial charge in [-0.05, 0) is 34.4 Å². The molecule has 0 bridgehead atoms. The predicted octanol–water partition coefficient (Wildman–Crippen LogP) is 6.82. The zero-order valence-corrected chi connectivity index (χ0v) is 18.8. The second-order valence-corrected chi connectivity index (χ2v) is 8.45. The van der Waals surface area contributed by atoms with Crippen LogP contribution in [0.5, 0.6) is 0 Å². The molecule has 0 aliphatic carbocycles. The van der Waals surface area contributed by atoms with Gasteiger partial charge in [0.1, 0.15) is 5.69 Å². The first kappa shape index (κ1) is 22.5. The predicted molar refractivity (Wildman–Crippen MR) is 127 cm³/mol. The summed E-state index contributed by atoms with van der Waals surface area (Å²) >= 11 is 7.25. The van der Waals surface area contributed by atoms with Gasteiger partial charge in [0.25, 0.3) is 0 Å². The molecule has 3 aromatic rings. The van der Waals surface area contributed by atoms with Gasteiger partial charge in [0, 0.05) is 5.69 Å². The van der Waals surface area contributed by atoms with Crippen LogP contribution in [-0.4, -0.2) is 10.4 Å². The Balaban J connectivity index is 2.08. The van der Waals surface area contributed by atoms with Crippen LogP contribution in [-0.2, 0) is 0 Å². The Morgan fingerprint density at radius 3 is 1.93 bits per heavy atom. The Kier molecular flexibility index (Phi) is 7.65. The molecule has 0 aromatic heterocycles. The van der Waals surface area contributed by atoms with E-state index < -0.39 is 10.1 Å². The van der Waals surface area contributed by atoms with Crippen LogP contribution >= 0.6 is 31.9 Å². The third-order valence-corrected chi connectivity index (χ3v) is 7.30. The van der Waals surface area contributed by atoms with E-state index in [1.54, 1.807) is 18.2 Å². The third kappa shape index (κ3) is 5.28. The van der Waals surface area contributed by atoms with Crippen molar-refractivity contribution in [1.29, 1.82) is 0 Å². The molecule has 0 heterocycles. The van der Waals surface area contributed by atoms with Crippen LogP contribution < -0.4 is 10.5 Å². The number of hydrogen-bond acceptors (Lipinski definition) is 6. The molecule has 6 nitrogen and oxygen atoms in total. The minimum Gasteiger partial charge on any atom is -0.769 e. The Labute approximate surface area is 191 Å². The smallest absolute Gasteiger partial charge is 0.101 e. The molecule has 0 unspecified atom stereocenters. The van der Waals surface area contributed by atoms with Gasteiger partial charge < -0.3 is 15.6 Å². The third-order valence-electron chi connectivity index (χ3n) is 4.52. The molecular weight excluding hydrogens is 516 g/mol. The van der Waals surface area contributed by atoms with Crippen molar-refractivity contribution >= 4 is 55.4 Å². The number of anilines is 2. The molecule has 0 spiro atoms. The number of rotatable bonds is 7. The second-order valence-electron chi connectivity index (χ2n) is 6.47. The Bertz CT molecular complexity index is 999. The minimum atomic E-state index is -0.548. The number of alkyl halides is 2. The highest BCUT2D eigenvalue weighted by Crippen LogP contribution is 2.47. The van der Waals surface area contributed by atoms with Crippen molar-refractivity contribution in [3.05, 3.63) is 105 Å². The normalized spacial score (nSPS) is 13.3. The quantitative estimate of drug-likeness (QED) is 0.197. The molecule has 0 saturated carbocycles. The van der Waals surface area contributed by atoms with Crippen LogP contribution in [0.25, 0.3) is 12.2 Å². The molecule has 0 aliphatic rings. The largest absolute Gasteiger partial charge is 0.769 e. The highest BCUT2D eigenvalue weighted by Gasteiger charge is 2.25. The molecule has 0 radical (unpaired) electrons. The maximum absolute atomic E-state index is 11.6. The standard InChI is InChI=1S/C22H18Br2N2O4/c23-21(16-9-5-2-6-10-16)22(24)18-13-17(12-11-15-7-3-1-4-8-15)19(25(27)28)14-20(18)26(29)30/h1-14,21-22,29-30H/q-2/t21-,22-/m1/s1. The van der Waals surface area contributed by atoms with Gasteiger partial charge >= 0.3 is 0 Å². The average Bonchev–Trinajstić information content (AvgIpc) is 2.77. The van der Waals surface area contributed by atoms with E-state index in [0.29, 0.717) is 11.1 Å². The van der Waals surface area contributed by atoms with Crippen molar-refractivity contribution in [1.82, 2.24) is 0 Å². The lowest BCUT2D eigenvalue weighted by molar-refractivity contribution is 0.0287. The van der Waals surface area contributed by atoms with Crippen molar-refractivity contribution < 1.29 is 10.4 Å². The fourth-order valence-corrected chi connectivity index (χ4v) is 4.27. The first-order chi connectivity index (χ1) is 14.4. The second kappa shape index (κ2) is 10.2. The van der Waals surface area contributed by atoms with Gasteiger partial charge in [-0.1, -0.05) is 105 Å². The van der Waals surface area contributed by atoms with Gasteiger partial charge in [-0.3, -0.25) is 10.4 Å². The summed E-state index contributed by atoms with van der Waals surface area (Å²) in [4.78, 5) is -0.619. The van der Waals surface area contributed by atoms with E-state index in [4.69, 9.17) is 0 Å². The van der Waals surface area contributed by atoms with Crippen molar-refractivity contribution in [2.45, 2.75) is 9.65 Å². The summed E-state index contributed by atoms with van der Waals surface area (Å²) in [5, 5.41) is 42.0. The summed E-state index contributed by atoms with van der Waals surface area (Å²) in [6.45, 7) is 0. The van der Waals surface area contributed by atoms with Crippen molar-refractivity contribution in [3.63, 3.8) is 0 Å². The number of halogens is 2. The Hall–Kier alpha value is -2.20. The molecule has 2 N–H and O–H groups in total. The van der Waals surface area contributed by atoms with Gasteiger partial charge in [-0.2, -0.15) is 0 Å². The van der Waals surface area contributed by atoms with Crippen LogP contribution in [0.2, 0.25) is 0 Å². The summed E-state index contributed by atoms with van der Waals surface area (Å²) in [6, 6.07) is 21.7. The van der Waals surface area contributed by atoms with E-state index >= 15 is 0 Å². The van der Waals surface area contributed by atoms with E-state index in [0.717, 1.165) is 17.2 Å². The zero-order chi connectivity index (χ0) is 21.7. The van der Waals surface area contributed by atoms with Crippen LogP contribution in [0, 0.1) is 10.4 Å². The highest BCUT2D eigenvalue weighted by molar-refractivity contribution is 9.12. The summed E-state index contributed by atoms with van der Waals surface area (Å²) in [7, 11) is 0. The molecule has 2 atom stereocenters. The van der Waals surface area contributed by atoms with Crippen LogP contribution in [0.4, 0.5) is 11.4 Å². The van der Waals surface area contributed by atoms with E-state index in [1.165, 1.54) is 0 Å². The summed E-state index contributed by atoms with van der Waals surface area (Å²) in [5.41, 5.74) is 2.36. The summed E-state index contributed by atoms with van der Waals surface area (Å²) in [6.07, 6.45) is 3.42. The van der Waals surface area contributed by atoms with Crippen molar-refractivity contribution in [2.75, 3.05) is 10.5 Å². The molecule has 0 fully saturated rings. The fraction of sp³-hybridized carbons (Fsp3) is 0.0909.